The van der Waals surface area contributed by atoms with E-state index in [1.807, 2.05) is 13.8 Å². The Labute approximate surface area is 112 Å². The molecule has 1 aromatic heterocycles. The third-order valence-electron chi connectivity index (χ3n) is 2.77. The molecule has 1 heterocycles. The first kappa shape index (κ1) is 15.1. The van der Waals surface area contributed by atoms with Gasteiger partial charge in [-0.1, -0.05) is 0 Å². The monoisotopic (exact) mass is 269 g/mol. The SMILES string of the molecule is CCN(CC)C(=O)C(C)Nc1nc(NC)ncc1F. The summed E-state index contributed by atoms with van der Waals surface area (Å²) in [6.07, 6.45) is 1.07. The summed E-state index contributed by atoms with van der Waals surface area (Å²) in [5, 5.41) is 5.49. The zero-order valence-electron chi connectivity index (χ0n) is 11.7. The van der Waals surface area contributed by atoms with Gasteiger partial charge in [0.2, 0.25) is 11.9 Å². The molecular weight excluding hydrogens is 249 g/mol. The summed E-state index contributed by atoms with van der Waals surface area (Å²) in [6, 6.07) is -0.547. The molecule has 0 aliphatic carbocycles. The lowest BCUT2D eigenvalue weighted by atomic mass is 10.2. The van der Waals surface area contributed by atoms with Crippen molar-refractivity contribution in [3.05, 3.63) is 12.0 Å². The number of carbonyl (C=O) groups excluding carboxylic acids is 1. The lowest BCUT2D eigenvalue weighted by molar-refractivity contribution is -0.131. The number of aromatic nitrogens is 2. The molecule has 19 heavy (non-hydrogen) atoms. The molecule has 0 radical (unpaired) electrons. The van der Waals surface area contributed by atoms with Crippen LogP contribution in [-0.4, -0.2) is 47.0 Å². The minimum Gasteiger partial charge on any atom is -0.357 e. The van der Waals surface area contributed by atoms with Crippen molar-refractivity contribution in [2.75, 3.05) is 30.8 Å². The molecule has 0 aromatic carbocycles. The van der Waals surface area contributed by atoms with Crippen LogP contribution in [0.15, 0.2) is 6.20 Å². The van der Waals surface area contributed by atoms with Crippen LogP contribution in [0.1, 0.15) is 20.8 Å². The Bertz CT molecular complexity index is 436. The van der Waals surface area contributed by atoms with Crippen molar-refractivity contribution in [3.8, 4) is 0 Å². The average Bonchev–Trinajstić information content (AvgIpc) is 2.42. The molecule has 1 aromatic rings. The van der Waals surface area contributed by atoms with E-state index < -0.39 is 11.9 Å². The first-order chi connectivity index (χ1) is 9.03. The molecule has 0 fully saturated rings. The van der Waals surface area contributed by atoms with E-state index in [2.05, 4.69) is 20.6 Å². The zero-order valence-corrected chi connectivity index (χ0v) is 11.7. The average molecular weight is 269 g/mol. The molecule has 7 heteroatoms. The number of nitrogens with zero attached hydrogens (tertiary/aromatic N) is 3. The number of halogens is 1. The van der Waals surface area contributed by atoms with E-state index in [1.54, 1.807) is 18.9 Å². The second kappa shape index (κ2) is 6.86. The maximum Gasteiger partial charge on any atom is 0.244 e. The molecular formula is C12H20FN5O. The molecule has 0 bridgehead atoms. The Morgan fingerprint density at radius 2 is 2.11 bits per heavy atom. The van der Waals surface area contributed by atoms with Gasteiger partial charge in [0.1, 0.15) is 6.04 Å². The van der Waals surface area contributed by atoms with E-state index in [-0.39, 0.29) is 11.7 Å². The van der Waals surface area contributed by atoms with Gasteiger partial charge in [-0.3, -0.25) is 4.79 Å². The predicted molar refractivity (Wildman–Crippen MR) is 72.5 cm³/mol. The number of likely N-dealkylation sites (N-methyl/N-ethyl adjacent to an activating group) is 1. The van der Waals surface area contributed by atoms with Gasteiger partial charge in [-0.05, 0) is 20.8 Å². The number of nitrogens with one attached hydrogen (secondary N) is 2. The van der Waals surface area contributed by atoms with Crippen molar-refractivity contribution < 1.29 is 9.18 Å². The largest absolute Gasteiger partial charge is 0.357 e. The molecule has 1 atom stereocenters. The van der Waals surface area contributed by atoms with E-state index in [9.17, 15) is 9.18 Å². The van der Waals surface area contributed by atoms with Crippen LogP contribution >= 0.6 is 0 Å². The van der Waals surface area contributed by atoms with Crippen molar-refractivity contribution in [2.24, 2.45) is 0 Å². The standard InChI is InChI=1S/C12H20FN5O/c1-5-18(6-2)11(19)8(3)16-10-9(13)7-15-12(14-4)17-10/h7-8H,5-6H2,1-4H3,(H2,14,15,16,17). The summed E-state index contributed by atoms with van der Waals surface area (Å²) in [5.74, 6) is -0.356. The minimum atomic E-state index is -0.585. The Kier molecular flexibility index (Phi) is 5.47. The van der Waals surface area contributed by atoms with Crippen molar-refractivity contribution in [1.29, 1.82) is 0 Å². The highest BCUT2D eigenvalue weighted by Crippen LogP contribution is 2.13. The molecule has 6 nitrogen and oxygen atoms in total. The summed E-state index contributed by atoms with van der Waals surface area (Å²) in [6.45, 7) is 6.73. The fourth-order valence-corrected chi connectivity index (χ4v) is 1.66. The third-order valence-corrected chi connectivity index (χ3v) is 2.77. The lowest BCUT2D eigenvalue weighted by Crippen LogP contribution is -2.41. The maximum atomic E-state index is 13.6. The fraction of sp³-hybridized carbons (Fsp3) is 0.583. The van der Waals surface area contributed by atoms with E-state index in [4.69, 9.17) is 0 Å². The molecule has 0 aliphatic rings. The van der Waals surface area contributed by atoms with E-state index in [0.29, 0.717) is 19.0 Å². The molecule has 0 saturated carbocycles. The summed E-state index contributed by atoms with van der Waals surface area (Å²) in [5.41, 5.74) is 0. The Morgan fingerprint density at radius 3 is 2.63 bits per heavy atom. The first-order valence-corrected chi connectivity index (χ1v) is 6.29. The van der Waals surface area contributed by atoms with Gasteiger partial charge in [-0.15, -0.1) is 0 Å². The number of hydrogen-bond donors (Lipinski definition) is 2. The molecule has 0 aliphatic heterocycles. The molecule has 106 valence electrons. The predicted octanol–water partition coefficient (Wildman–Crippen LogP) is 1.33. The molecule has 1 rings (SSSR count). The van der Waals surface area contributed by atoms with Crippen LogP contribution in [0.2, 0.25) is 0 Å². The minimum absolute atomic E-state index is 0.0207. The Balaban J connectivity index is 2.81. The van der Waals surface area contributed by atoms with Gasteiger partial charge in [-0.25, -0.2) is 9.37 Å². The van der Waals surface area contributed by atoms with Crippen molar-refractivity contribution in [1.82, 2.24) is 14.9 Å². The number of amides is 1. The molecule has 1 unspecified atom stereocenters. The van der Waals surface area contributed by atoms with Crippen LogP contribution < -0.4 is 10.6 Å². The molecule has 0 spiro atoms. The van der Waals surface area contributed by atoms with Gasteiger partial charge in [0, 0.05) is 20.1 Å². The summed E-state index contributed by atoms with van der Waals surface area (Å²) >= 11 is 0. The van der Waals surface area contributed by atoms with E-state index in [1.165, 1.54) is 0 Å². The van der Waals surface area contributed by atoms with Crippen LogP contribution in [0.5, 0.6) is 0 Å². The van der Waals surface area contributed by atoms with Gasteiger partial charge in [0.25, 0.3) is 0 Å². The smallest absolute Gasteiger partial charge is 0.244 e. The van der Waals surface area contributed by atoms with Crippen LogP contribution in [0, 0.1) is 5.82 Å². The lowest BCUT2D eigenvalue weighted by Gasteiger charge is -2.23. The van der Waals surface area contributed by atoms with Gasteiger partial charge in [0.15, 0.2) is 11.6 Å². The summed E-state index contributed by atoms with van der Waals surface area (Å²) in [7, 11) is 1.64. The number of anilines is 2. The van der Waals surface area contributed by atoms with Crippen LogP contribution in [0.4, 0.5) is 16.2 Å². The normalized spacial score (nSPS) is 11.8. The van der Waals surface area contributed by atoms with Gasteiger partial charge in [-0.2, -0.15) is 4.98 Å². The highest BCUT2D eigenvalue weighted by atomic mass is 19.1. The summed E-state index contributed by atoms with van der Waals surface area (Å²) in [4.78, 5) is 21.4. The topological polar surface area (TPSA) is 70.2 Å². The third kappa shape index (κ3) is 3.77. The number of rotatable bonds is 6. The molecule has 0 saturated heterocycles. The van der Waals surface area contributed by atoms with Crippen molar-refractivity contribution in [2.45, 2.75) is 26.8 Å². The molecule has 2 N–H and O–H groups in total. The van der Waals surface area contributed by atoms with E-state index >= 15 is 0 Å². The second-order valence-electron chi connectivity index (χ2n) is 4.02. The van der Waals surface area contributed by atoms with E-state index in [0.717, 1.165) is 6.20 Å². The van der Waals surface area contributed by atoms with Crippen LogP contribution in [0.3, 0.4) is 0 Å². The first-order valence-electron chi connectivity index (χ1n) is 6.29. The van der Waals surface area contributed by atoms with Crippen molar-refractivity contribution >= 4 is 17.7 Å². The van der Waals surface area contributed by atoms with Crippen molar-refractivity contribution in [3.63, 3.8) is 0 Å². The maximum absolute atomic E-state index is 13.6. The molecule has 1 amide bonds. The fourth-order valence-electron chi connectivity index (χ4n) is 1.66. The van der Waals surface area contributed by atoms with Gasteiger partial charge < -0.3 is 15.5 Å². The van der Waals surface area contributed by atoms with Crippen LogP contribution in [-0.2, 0) is 4.79 Å². The highest BCUT2D eigenvalue weighted by molar-refractivity contribution is 5.84. The van der Waals surface area contributed by atoms with Crippen LogP contribution in [0.25, 0.3) is 0 Å². The number of hydrogen-bond acceptors (Lipinski definition) is 5. The highest BCUT2D eigenvalue weighted by Gasteiger charge is 2.19. The second-order valence-corrected chi connectivity index (χ2v) is 4.02. The Morgan fingerprint density at radius 1 is 1.47 bits per heavy atom. The van der Waals surface area contributed by atoms with Gasteiger partial charge in [0.05, 0.1) is 6.20 Å². The summed E-state index contributed by atoms with van der Waals surface area (Å²) < 4.78 is 13.6. The van der Waals surface area contributed by atoms with Gasteiger partial charge >= 0.3 is 0 Å². The number of carbonyl (C=O) groups is 1. The quantitative estimate of drug-likeness (QED) is 0.815. The Hall–Kier alpha value is -1.92. The zero-order chi connectivity index (χ0) is 14.4.